The number of rotatable bonds is 8. The summed E-state index contributed by atoms with van der Waals surface area (Å²) < 4.78 is 0. The molecule has 2 rings (SSSR count). The van der Waals surface area contributed by atoms with Crippen LogP contribution in [-0.2, 0) is 15.3 Å². The van der Waals surface area contributed by atoms with E-state index in [1.54, 1.807) is 42.2 Å². The van der Waals surface area contributed by atoms with Gasteiger partial charge in [-0.1, -0.05) is 18.1 Å². The molecule has 5 nitrogen and oxygen atoms in total. The zero-order valence-corrected chi connectivity index (χ0v) is 14.5. The van der Waals surface area contributed by atoms with Gasteiger partial charge in [-0.15, -0.1) is 6.42 Å². The highest BCUT2D eigenvalue weighted by Gasteiger charge is 2.06. The number of pyridine rings is 1. The number of anilines is 1. The molecule has 2 N–H and O–H groups in total. The van der Waals surface area contributed by atoms with Crippen LogP contribution in [0.2, 0.25) is 0 Å². The zero-order valence-electron chi connectivity index (χ0n) is 13.7. The number of hydrogen-bond donors (Lipinski definition) is 2. The topological polar surface area (TPSA) is 71.1 Å². The van der Waals surface area contributed by atoms with Crippen LogP contribution in [0.5, 0.6) is 0 Å². The molecule has 0 atom stereocenters. The normalized spacial score (nSPS) is 9.88. The van der Waals surface area contributed by atoms with Gasteiger partial charge in [0.15, 0.2) is 0 Å². The van der Waals surface area contributed by atoms with Gasteiger partial charge >= 0.3 is 0 Å². The Balaban J connectivity index is 1.62. The second-order valence-electron chi connectivity index (χ2n) is 5.17. The summed E-state index contributed by atoms with van der Waals surface area (Å²) in [4.78, 5) is 27.8. The van der Waals surface area contributed by atoms with Crippen LogP contribution in [0.1, 0.15) is 17.7 Å². The minimum Gasteiger partial charge on any atom is -0.347 e. The first-order valence-electron chi connectivity index (χ1n) is 7.78. The van der Waals surface area contributed by atoms with Gasteiger partial charge in [-0.05, 0) is 30.3 Å². The van der Waals surface area contributed by atoms with Crippen molar-refractivity contribution in [3.8, 4) is 12.3 Å². The summed E-state index contributed by atoms with van der Waals surface area (Å²) in [6.45, 7) is -0.0655. The van der Waals surface area contributed by atoms with Crippen molar-refractivity contribution < 1.29 is 9.59 Å². The van der Waals surface area contributed by atoms with Gasteiger partial charge in [0, 0.05) is 35.4 Å². The van der Waals surface area contributed by atoms with E-state index in [1.165, 1.54) is 0 Å². The molecule has 1 aromatic carbocycles. The van der Waals surface area contributed by atoms with Crippen molar-refractivity contribution >= 4 is 29.3 Å². The Morgan fingerprint density at radius 3 is 2.80 bits per heavy atom. The molecule has 0 radical (unpaired) electrons. The average Bonchev–Trinajstić information content (AvgIpc) is 2.64. The second-order valence-corrected chi connectivity index (χ2v) is 6.28. The van der Waals surface area contributed by atoms with Crippen LogP contribution < -0.4 is 10.6 Å². The number of aromatic nitrogens is 1. The smallest absolute Gasteiger partial charge is 0.243 e. The Kier molecular flexibility index (Phi) is 7.54. The lowest BCUT2D eigenvalue weighted by molar-refractivity contribution is -0.123. The molecule has 1 heterocycles. The van der Waals surface area contributed by atoms with E-state index in [9.17, 15) is 9.59 Å². The molecule has 2 aromatic rings. The predicted molar refractivity (Wildman–Crippen MR) is 101 cm³/mol. The molecule has 0 saturated carbocycles. The number of terminal acetylenes is 1. The average molecular weight is 353 g/mol. The molecular formula is C19H19N3O2S. The standard InChI is InChI=1S/C19H19N3O2S/c1-2-15-6-5-8-16(12-15)22-19(24)13-21-18(23)9-11-25-14-17-7-3-4-10-20-17/h1,3-8,10,12H,9,11,13-14H2,(H,21,23)(H,22,24). The van der Waals surface area contributed by atoms with Crippen molar-refractivity contribution in [2.75, 3.05) is 17.6 Å². The van der Waals surface area contributed by atoms with Crippen molar-refractivity contribution in [3.05, 3.63) is 59.9 Å². The third-order valence-corrected chi connectivity index (χ3v) is 4.20. The molecule has 0 spiro atoms. The highest BCUT2D eigenvalue weighted by molar-refractivity contribution is 7.98. The second kappa shape index (κ2) is 10.2. The van der Waals surface area contributed by atoms with E-state index in [4.69, 9.17) is 6.42 Å². The number of thioether (sulfide) groups is 1. The molecule has 0 bridgehead atoms. The van der Waals surface area contributed by atoms with Gasteiger partial charge in [0.25, 0.3) is 0 Å². The number of nitrogens with one attached hydrogen (secondary N) is 2. The maximum absolute atomic E-state index is 11.8. The van der Waals surface area contributed by atoms with E-state index in [2.05, 4.69) is 21.5 Å². The monoisotopic (exact) mass is 353 g/mol. The Morgan fingerprint density at radius 1 is 1.16 bits per heavy atom. The molecule has 6 heteroatoms. The summed E-state index contributed by atoms with van der Waals surface area (Å²) in [5.41, 5.74) is 2.29. The first-order valence-corrected chi connectivity index (χ1v) is 8.94. The van der Waals surface area contributed by atoms with Gasteiger partial charge in [-0.25, -0.2) is 0 Å². The minimum absolute atomic E-state index is 0.0655. The van der Waals surface area contributed by atoms with Crippen LogP contribution >= 0.6 is 11.8 Å². The van der Waals surface area contributed by atoms with Crippen LogP contribution in [0.4, 0.5) is 5.69 Å². The molecule has 0 aliphatic rings. The molecule has 0 aliphatic heterocycles. The van der Waals surface area contributed by atoms with Crippen LogP contribution in [0.15, 0.2) is 48.7 Å². The lowest BCUT2D eigenvalue weighted by atomic mass is 10.2. The highest BCUT2D eigenvalue weighted by Crippen LogP contribution is 2.11. The fourth-order valence-corrected chi connectivity index (χ4v) is 2.84. The molecule has 0 unspecified atom stereocenters. The summed E-state index contributed by atoms with van der Waals surface area (Å²) >= 11 is 1.63. The van der Waals surface area contributed by atoms with Crippen molar-refractivity contribution in [2.24, 2.45) is 0 Å². The lowest BCUT2D eigenvalue weighted by Crippen LogP contribution is -2.33. The summed E-state index contributed by atoms with van der Waals surface area (Å²) in [6.07, 6.45) is 7.43. The highest BCUT2D eigenvalue weighted by atomic mass is 32.2. The van der Waals surface area contributed by atoms with E-state index in [1.807, 2.05) is 18.2 Å². The van der Waals surface area contributed by atoms with Crippen molar-refractivity contribution in [3.63, 3.8) is 0 Å². The van der Waals surface area contributed by atoms with Crippen LogP contribution in [0, 0.1) is 12.3 Å². The quantitative estimate of drug-likeness (QED) is 0.565. The third kappa shape index (κ3) is 7.10. The van der Waals surface area contributed by atoms with Gasteiger partial charge < -0.3 is 10.6 Å². The molecule has 2 amide bonds. The molecule has 0 saturated heterocycles. The lowest BCUT2D eigenvalue weighted by Gasteiger charge is -2.07. The summed E-state index contributed by atoms with van der Waals surface area (Å²) in [5, 5.41) is 5.31. The van der Waals surface area contributed by atoms with Gasteiger partial charge in [0.1, 0.15) is 0 Å². The first kappa shape index (κ1) is 18.6. The molecular weight excluding hydrogens is 334 g/mol. The Labute approximate surface area is 151 Å². The molecule has 25 heavy (non-hydrogen) atoms. The molecule has 1 aromatic heterocycles. The SMILES string of the molecule is C#Cc1cccc(NC(=O)CNC(=O)CCSCc2ccccn2)c1. The molecule has 0 fully saturated rings. The Bertz CT molecular complexity index is 757. The van der Waals surface area contributed by atoms with E-state index >= 15 is 0 Å². The number of carbonyl (C=O) groups is 2. The van der Waals surface area contributed by atoms with Crippen molar-refractivity contribution in [2.45, 2.75) is 12.2 Å². The van der Waals surface area contributed by atoms with Crippen molar-refractivity contribution in [1.82, 2.24) is 10.3 Å². The third-order valence-electron chi connectivity index (χ3n) is 3.21. The summed E-state index contributed by atoms with van der Waals surface area (Å²) in [6, 6.07) is 12.8. The fraction of sp³-hybridized carbons (Fsp3) is 0.211. The maximum Gasteiger partial charge on any atom is 0.243 e. The van der Waals surface area contributed by atoms with E-state index in [-0.39, 0.29) is 18.4 Å². The van der Waals surface area contributed by atoms with Crippen LogP contribution in [0.25, 0.3) is 0 Å². The molecule has 0 aliphatic carbocycles. The van der Waals surface area contributed by atoms with Gasteiger partial charge in [-0.3, -0.25) is 14.6 Å². The number of benzene rings is 1. The Hall–Kier alpha value is -2.78. The van der Waals surface area contributed by atoms with Crippen molar-refractivity contribution in [1.29, 1.82) is 0 Å². The molecule has 128 valence electrons. The number of nitrogens with zero attached hydrogens (tertiary/aromatic N) is 1. The number of hydrogen-bond acceptors (Lipinski definition) is 4. The number of amides is 2. The van der Waals surface area contributed by atoms with Gasteiger partial charge in [-0.2, -0.15) is 11.8 Å². The van der Waals surface area contributed by atoms with E-state index in [0.29, 0.717) is 23.4 Å². The van der Waals surface area contributed by atoms with Gasteiger partial charge in [0.2, 0.25) is 11.8 Å². The summed E-state index contributed by atoms with van der Waals surface area (Å²) in [5.74, 6) is 3.50. The van der Waals surface area contributed by atoms with E-state index < -0.39 is 0 Å². The fourth-order valence-electron chi connectivity index (χ4n) is 1.98. The van der Waals surface area contributed by atoms with Crippen LogP contribution in [0.3, 0.4) is 0 Å². The van der Waals surface area contributed by atoms with Gasteiger partial charge in [0.05, 0.1) is 12.2 Å². The predicted octanol–water partition coefficient (Wildman–Crippen LogP) is 2.44. The minimum atomic E-state index is -0.288. The number of carbonyl (C=O) groups excluding carboxylic acids is 2. The van der Waals surface area contributed by atoms with E-state index in [0.717, 1.165) is 11.4 Å². The van der Waals surface area contributed by atoms with Crippen LogP contribution in [-0.4, -0.2) is 29.1 Å². The Morgan fingerprint density at radius 2 is 2.04 bits per heavy atom. The summed E-state index contributed by atoms with van der Waals surface area (Å²) in [7, 11) is 0. The largest absolute Gasteiger partial charge is 0.347 e. The maximum atomic E-state index is 11.8. The first-order chi connectivity index (χ1) is 12.2. The zero-order chi connectivity index (χ0) is 17.9.